The summed E-state index contributed by atoms with van der Waals surface area (Å²) in [6.45, 7) is 0. The van der Waals surface area contributed by atoms with E-state index in [9.17, 15) is 4.79 Å². The first-order valence-corrected chi connectivity index (χ1v) is 7.56. The molecule has 1 heterocycles. The Balaban J connectivity index is 1.77. The van der Waals surface area contributed by atoms with Crippen LogP contribution in [0.5, 0.6) is 17.2 Å². The van der Waals surface area contributed by atoms with E-state index >= 15 is 0 Å². The first-order valence-electron chi connectivity index (χ1n) is 7.56. The fraction of sp³-hybridized carbons (Fsp3) is 0.222. The molecule has 0 saturated heterocycles. The molecule has 3 rings (SSSR count). The molecule has 3 aromatic rings. The summed E-state index contributed by atoms with van der Waals surface area (Å²) in [5.74, 6) is 1.24. The predicted molar refractivity (Wildman–Crippen MR) is 92.4 cm³/mol. The van der Waals surface area contributed by atoms with Crippen molar-refractivity contribution in [3.8, 4) is 17.2 Å². The molecule has 0 aliphatic heterocycles. The minimum absolute atomic E-state index is 0.173. The predicted octanol–water partition coefficient (Wildman–Crippen LogP) is 3.03. The second-order valence-electron chi connectivity index (χ2n) is 5.29. The van der Waals surface area contributed by atoms with E-state index in [1.165, 1.54) is 27.7 Å². The summed E-state index contributed by atoms with van der Waals surface area (Å²) >= 11 is 0. The summed E-state index contributed by atoms with van der Waals surface area (Å²) in [6, 6.07) is 8.83. The molecule has 0 aliphatic carbocycles. The Hall–Kier alpha value is -3.22. The van der Waals surface area contributed by atoms with Gasteiger partial charge in [0.2, 0.25) is 11.7 Å². The van der Waals surface area contributed by atoms with E-state index in [1.54, 1.807) is 18.2 Å². The van der Waals surface area contributed by atoms with E-state index in [4.69, 9.17) is 18.6 Å². The number of nitrogens with zero attached hydrogens (tertiary/aromatic N) is 1. The number of fused-ring (bicyclic) bond motifs is 1. The van der Waals surface area contributed by atoms with Gasteiger partial charge in [0.05, 0.1) is 27.8 Å². The Bertz CT molecular complexity index is 878. The Morgan fingerprint density at radius 1 is 1.08 bits per heavy atom. The largest absolute Gasteiger partial charge is 0.493 e. The summed E-state index contributed by atoms with van der Waals surface area (Å²) in [6.07, 6.45) is 1.58. The van der Waals surface area contributed by atoms with Crippen LogP contribution in [0.2, 0.25) is 0 Å². The van der Waals surface area contributed by atoms with Crippen molar-refractivity contribution in [2.45, 2.75) is 6.42 Å². The fourth-order valence-corrected chi connectivity index (χ4v) is 2.55. The van der Waals surface area contributed by atoms with Crippen molar-refractivity contribution < 1.29 is 23.4 Å². The Labute approximate surface area is 144 Å². The van der Waals surface area contributed by atoms with Gasteiger partial charge < -0.3 is 23.9 Å². The number of carbonyl (C=O) groups excluding carboxylic acids is 1. The minimum atomic E-state index is -0.173. The first kappa shape index (κ1) is 16.6. The number of nitrogens with one attached hydrogen (secondary N) is 1. The van der Waals surface area contributed by atoms with E-state index in [0.717, 1.165) is 11.1 Å². The van der Waals surface area contributed by atoms with E-state index in [2.05, 4.69) is 10.3 Å². The molecule has 1 N–H and O–H groups in total. The number of amides is 1. The molecule has 0 atom stereocenters. The zero-order valence-electron chi connectivity index (χ0n) is 14.2. The number of ether oxygens (including phenoxy) is 3. The Morgan fingerprint density at radius 3 is 2.44 bits per heavy atom. The molecule has 2 aromatic carbocycles. The molecule has 0 aliphatic rings. The number of carbonyl (C=O) groups is 1. The van der Waals surface area contributed by atoms with Crippen LogP contribution in [0.15, 0.2) is 41.1 Å². The molecule has 130 valence electrons. The van der Waals surface area contributed by atoms with Crippen molar-refractivity contribution in [2.24, 2.45) is 0 Å². The molecule has 1 aromatic heterocycles. The first-order chi connectivity index (χ1) is 12.1. The van der Waals surface area contributed by atoms with Gasteiger partial charge in [0.1, 0.15) is 5.52 Å². The molecule has 0 saturated carbocycles. The molecule has 1 amide bonds. The van der Waals surface area contributed by atoms with E-state index < -0.39 is 0 Å². The van der Waals surface area contributed by atoms with Crippen LogP contribution in [0.1, 0.15) is 5.56 Å². The maximum atomic E-state index is 12.3. The monoisotopic (exact) mass is 342 g/mol. The number of oxazole rings is 1. The van der Waals surface area contributed by atoms with Crippen molar-refractivity contribution in [1.29, 1.82) is 0 Å². The standard InChI is InChI=1S/C18H18N2O5/c1-22-15-8-12(9-16(23-2)18(15)24-3)20-17(21)7-11-4-5-13-14(6-11)25-10-19-13/h4-6,8-10H,7H2,1-3H3,(H,20,21). The normalized spacial score (nSPS) is 10.5. The van der Waals surface area contributed by atoms with Gasteiger partial charge in [-0.2, -0.15) is 0 Å². The molecule has 0 spiro atoms. The van der Waals surface area contributed by atoms with Crippen LogP contribution >= 0.6 is 0 Å². The van der Waals surface area contributed by atoms with Crippen LogP contribution in [0, 0.1) is 0 Å². The molecular weight excluding hydrogens is 324 g/mol. The second kappa shape index (κ2) is 7.12. The smallest absolute Gasteiger partial charge is 0.228 e. The lowest BCUT2D eigenvalue weighted by Gasteiger charge is -2.14. The van der Waals surface area contributed by atoms with E-state index in [1.807, 2.05) is 12.1 Å². The summed E-state index contributed by atoms with van der Waals surface area (Å²) in [5.41, 5.74) is 2.79. The van der Waals surface area contributed by atoms with Gasteiger partial charge in [0.15, 0.2) is 23.5 Å². The highest BCUT2D eigenvalue weighted by Gasteiger charge is 2.15. The average molecular weight is 342 g/mol. The Kier molecular flexibility index (Phi) is 4.74. The van der Waals surface area contributed by atoms with Crippen LogP contribution < -0.4 is 19.5 Å². The third-order valence-electron chi connectivity index (χ3n) is 3.71. The highest BCUT2D eigenvalue weighted by molar-refractivity contribution is 5.93. The van der Waals surface area contributed by atoms with Gasteiger partial charge in [-0.25, -0.2) is 4.98 Å². The fourth-order valence-electron chi connectivity index (χ4n) is 2.55. The van der Waals surface area contributed by atoms with Crippen LogP contribution in [-0.4, -0.2) is 32.2 Å². The van der Waals surface area contributed by atoms with Gasteiger partial charge in [0, 0.05) is 17.8 Å². The third-order valence-corrected chi connectivity index (χ3v) is 3.71. The minimum Gasteiger partial charge on any atom is -0.493 e. The number of rotatable bonds is 6. The second-order valence-corrected chi connectivity index (χ2v) is 5.29. The maximum Gasteiger partial charge on any atom is 0.228 e. The molecule has 25 heavy (non-hydrogen) atoms. The lowest BCUT2D eigenvalue weighted by molar-refractivity contribution is -0.115. The van der Waals surface area contributed by atoms with E-state index in [0.29, 0.717) is 28.5 Å². The molecule has 0 bridgehead atoms. The summed E-state index contributed by atoms with van der Waals surface area (Å²) in [5, 5.41) is 2.83. The van der Waals surface area contributed by atoms with Crippen LogP contribution in [0.25, 0.3) is 11.1 Å². The highest BCUT2D eigenvalue weighted by Crippen LogP contribution is 2.39. The number of methoxy groups -OCH3 is 3. The number of benzene rings is 2. The molecule has 7 heteroatoms. The van der Waals surface area contributed by atoms with Crippen molar-refractivity contribution in [1.82, 2.24) is 4.98 Å². The van der Waals surface area contributed by atoms with Crippen molar-refractivity contribution in [3.63, 3.8) is 0 Å². The lowest BCUT2D eigenvalue weighted by Crippen LogP contribution is -2.14. The maximum absolute atomic E-state index is 12.3. The topological polar surface area (TPSA) is 82.8 Å². The van der Waals surface area contributed by atoms with Gasteiger partial charge in [0.25, 0.3) is 0 Å². The highest BCUT2D eigenvalue weighted by atomic mass is 16.5. The van der Waals surface area contributed by atoms with Gasteiger partial charge in [-0.1, -0.05) is 6.07 Å². The molecular formula is C18H18N2O5. The van der Waals surface area contributed by atoms with Crippen molar-refractivity contribution in [3.05, 3.63) is 42.3 Å². The quantitative estimate of drug-likeness (QED) is 0.741. The third kappa shape index (κ3) is 3.50. The SMILES string of the molecule is COc1cc(NC(=O)Cc2ccc3ncoc3c2)cc(OC)c1OC. The number of hydrogen-bond donors (Lipinski definition) is 1. The number of aromatic nitrogens is 1. The molecule has 0 fully saturated rings. The van der Waals surface area contributed by atoms with Gasteiger partial charge in [-0.3, -0.25) is 4.79 Å². The number of hydrogen-bond acceptors (Lipinski definition) is 6. The van der Waals surface area contributed by atoms with Crippen LogP contribution in [0.3, 0.4) is 0 Å². The van der Waals surface area contributed by atoms with Gasteiger partial charge >= 0.3 is 0 Å². The molecule has 0 unspecified atom stereocenters. The van der Waals surface area contributed by atoms with Gasteiger partial charge in [-0.15, -0.1) is 0 Å². The van der Waals surface area contributed by atoms with E-state index in [-0.39, 0.29) is 12.3 Å². The summed E-state index contributed by atoms with van der Waals surface area (Å²) < 4.78 is 21.1. The Morgan fingerprint density at radius 2 is 1.80 bits per heavy atom. The number of anilines is 1. The van der Waals surface area contributed by atoms with Gasteiger partial charge in [-0.05, 0) is 17.7 Å². The van der Waals surface area contributed by atoms with Crippen LogP contribution in [0.4, 0.5) is 5.69 Å². The van der Waals surface area contributed by atoms with Crippen molar-refractivity contribution in [2.75, 3.05) is 26.6 Å². The van der Waals surface area contributed by atoms with Crippen LogP contribution in [-0.2, 0) is 11.2 Å². The zero-order chi connectivity index (χ0) is 17.8. The molecule has 7 nitrogen and oxygen atoms in total. The average Bonchev–Trinajstić information content (AvgIpc) is 3.08. The summed E-state index contributed by atoms with van der Waals surface area (Å²) in [4.78, 5) is 16.4. The molecule has 0 radical (unpaired) electrons. The zero-order valence-corrected chi connectivity index (χ0v) is 14.2. The van der Waals surface area contributed by atoms with Crippen molar-refractivity contribution >= 4 is 22.7 Å². The lowest BCUT2D eigenvalue weighted by atomic mass is 10.1. The summed E-state index contributed by atoms with van der Waals surface area (Å²) in [7, 11) is 4.57.